The van der Waals surface area contributed by atoms with Crippen LogP contribution in [0, 0.1) is 6.92 Å². The Balaban J connectivity index is 1.89. The second-order valence-electron chi connectivity index (χ2n) is 6.07. The number of nitrogens with one attached hydrogen (secondary N) is 2. The summed E-state index contributed by atoms with van der Waals surface area (Å²) in [5.74, 6) is 0.0517. The maximum absolute atomic E-state index is 12.4. The summed E-state index contributed by atoms with van der Waals surface area (Å²) in [5, 5.41) is 5.63. The molecule has 0 spiro atoms. The summed E-state index contributed by atoms with van der Waals surface area (Å²) < 4.78 is 5.71. The third-order valence-electron chi connectivity index (χ3n) is 3.74. The van der Waals surface area contributed by atoms with Crippen LogP contribution in [0.4, 0.5) is 11.4 Å². The number of hydrogen-bond donors (Lipinski definition) is 2. The van der Waals surface area contributed by atoms with Crippen LogP contribution in [-0.2, 0) is 4.79 Å². The minimum atomic E-state index is -0.938. The van der Waals surface area contributed by atoms with Gasteiger partial charge in [-0.2, -0.15) is 0 Å². The van der Waals surface area contributed by atoms with E-state index < -0.39 is 5.60 Å². The number of anilines is 2. The highest BCUT2D eigenvalue weighted by atomic mass is 16.5. The first-order valence-corrected chi connectivity index (χ1v) is 7.38. The molecule has 0 saturated heterocycles. The molecule has 0 aromatic heterocycles. The number of carbonyl (C=O) groups excluding carboxylic acids is 2. The molecule has 0 bridgehead atoms. The molecule has 118 valence electrons. The number of hydrogen-bond acceptors (Lipinski definition) is 3. The Morgan fingerprint density at radius 1 is 1.13 bits per heavy atom. The maximum Gasteiger partial charge on any atom is 0.268 e. The van der Waals surface area contributed by atoms with Crippen molar-refractivity contribution in [1.82, 2.24) is 0 Å². The van der Waals surface area contributed by atoms with Crippen LogP contribution in [0.3, 0.4) is 0 Å². The van der Waals surface area contributed by atoms with Crippen LogP contribution >= 0.6 is 0 Å². The van der Waals surface area contributed by atoms with Gasteiger partial charge in [0, 0.05) is 5.56 Å². The molecule has 1 heterocycles. The third kappa shape index (κ3) is 2.90. The Morgan fingerprint density at radius 3 is 2.52 bits per heavy atom. The summed E-state index contributed by atoms with van der Waals surface area (Å²) in [6.45, 7) is 5.36. The number of rotatable bonds is 2. The lowest BCUT2D eigenvalue weighted by atomic mass is 10.1. The van der Waals surface area contributed by atoms with Gasteiger partial charge in [0.2, 0.25) is 0 Å². The molecule has 2 N–H and O–H groups in total. The van der Waals surface area contributed by atoms with Crippen molar-refractivity contribution >= 4 is 23.2 Å². The van der Waals surface area contributed by atoms with Crippen LogP contribution in [0.15, 0.2) is 42.5 Å². The Labute approximate surface area is 134 Å². The number of para-hydroxylation sites is 1. The first-order valence-electron chi connectivity index (χ1n) is 7.38. The van der Waals surface area contributed by atoms with Crippen molar-refractivity contribution in [2.45, 2.75) is 26.4 Å². The van der Waals surface area contributed by atoms with Crippen molar-refractivity contribution in [2.75, 3.05) is 10.6 Å². The van der Waals surface area contributed by atoms with Crippen molar-refractivity contribution in [3.63, 3.8) is 0 Å². The van der Waals surface area contributed by atoms with Gasteiger partial charge in [0.05, 0.1) is 5.69 Å². The fraction of sp³-hybridized carbons (Fsp3) is 0.222. The van der Waals surface area contributed by atoms with E-state index in [-0.39, 0.29) is 11.8 Å². The molecule has 23 heavy (non-hydrogen) atoms. The fourth-order valence-electron chi connectivity index (χ4n) is 2.33. The second kappa shape index (κ2) is 5.43. The molecule has 2 aromatic rings. The van der Waals surface area contributed by atoms with E-state index in [9.17, 15) is 9.59 Å². The summed E-state index contributed by atoms with van der Waals surface area (Å²) in [6, 6.07) is 12.5. The van der Waals surface area contributed by atoms with E-state index in [1.54, 1.807) is 44.2 Å². The van der Waals surface area contributed by atoms with Crippen molar-refractivity contribution in [3.05, 3.63) is 53.6 Å². The Hall–Kier alpha value is -2.82. The molecule has 1 aliphatic rings. The van der Waals surface area contributed by atoms with Gasteiger partial charge in [0.25, 0.3) is 11.8 Å². The Kier molecular flexibility index (Phi) is 3.56. The van der Waals surface area contributed by atoms with Crippen LogP contribution in [0.25, 0.3) is 0 Å². The molecule has 0 saturated carbocycles. The normalized spacial score (nSPS) is 15.2. The smallest absolute Gasteiger partial charge is 0.268 e. The van der Waals surface area contributed by atoms with Gasteiger partial charge >= 0.3 is 0 Å². The van der Waals surface area contributed by atoms with Gasteiger partial charge in [0.15, 0.2) is 5.60 Å². The molecular formula is C18H18N2O3. The molecule has 2 amide bonds. The van der Waals surface area contributed by atoms with Crippen LogP contribution in [-0.4, -0.2) is 17.4 Å². The van der Waals surface area contributed by atoms with Crippen LogP contribution in [0.2, 0.25) is 0 Å². The van der Waals surface area contributed by atoms with Crippen LogP contribution in [0.5, 0.6) is 5.75 Å². The van der Waals surface area contributed by atoms with Gasteiger partial charge < -0.3 is 15.4 Å². The minimum Gasteiger partial charge on any atom is -0.476 e. The summed E-state index contributed by atoms with van der Waals surface area (Å²) >= 11 is 0. The Morgan fingerprint density at radius 2 is 1.83 bits per heavy atom. The number of benzene rings is 2. The topological polar surface area (TPSA) is 67.4 Å². The molecule has 5 nitrogen and oxygen atoms in total. The van der Waals surface area contributed by atoms with E-state index in [0.717, 1.165) is 5.56 Å². The van der Waals surface area contributed by atoms with Gasteiger partial charge in [-0.3, -0.25) is 9.59 Å². The quantitative estimate of drug-likeness (QED) is 0.894. The van der Waals surface area contributed by atoms with E-state index in [0.29, 0.717) is 22.7 Å². The van der Waals surface area contributed by atoms with Gasteiger partial charge in [-0.15, -0.1) is 0 Å². The highest BCUT2D eigenvalue weighted by Gasteiger charge is 2.36. The standard InChI is InChI=1S/C18H18N2O3/c1-11-7-9-12(10-8-11)16(21)19-13-5-4-6-14-15(13)20-17(22)18(2,3)23-14/h4-10H,1-3H3,(H,19,21)(H,20,22). The first-order chi connectivity index (χ1) is 10.9. The van der Waals surface area contributed by atoms with E-state index in [4.69, 9.17) is 4.74 Å². The number of ether oxygens (including phenoxy) is 1. The van der Waals surface area contributed by atoms with E-state index in [2.05, 4.69) is 10.6 Å². The minimum absolute atomic E-state index is 0.238. The predicted octanol–water partition coefficient (Wildman–Crippen LogP) is 3.36. The molecule has 0 fully saturated rings. The molecule has 2 aromatic carbocycles. The number of fused-ring (bicyclic) bond motifs is 1. The van der Waals surface area contributed by atoms with Gasteiger partial charge in [-0.05, 0) is 45.0 Å². The van der Waals surface area contributed by atoms with Gasteiger partial charge in [-0.1, -0.05) is 23.8 Å². The van der Waals surface area contributed by atoms with E-state index in [1.165, 1.54) is 0 Å². The van der Waals surface area contributed by atoms with Crippen molar-refractivity contribution < 1.29 is 14.3 Å². The molecule has 0 aliphatic carbocycles. The van der Waals surface area contributed by atoms with Crippen LogP contribution in [0.1, 0.15) is 29.8 Å². The number of amides is 2. The molecule has 0 unspecified atom stereocenters. The number of aryl methyl sites for hydroxylation is 1. The molecule has 0 atom stereocenters. The molecule has 3 rings (SSSR count). The molecular weight excluding hydrogens is 292 g/mol. The van der Waals surface area contributed by atoms with Gasteiger partial charge in [0.1, 0.15) is 11.4 Å². The molecule has 5 heteroatoms. The second-order valence-corrected chi connectivity index (χ2v) is 6.07. The van der Waals surface area contributed by atoms with Crippen molar-refractivity contribution in [2.24, 2.45) is 0 Å². The zero-order valence-corrected chi connectivity index (χ0v) is 13.3. The average molecular weight is 310 g/mol. The predicted molar refractivity (Wildman–Crippen MR) is 88.9 cm³/mol. The third-order valence-corrected chi connectivity index (χ3v) is 3.74. The first kappa shape index (κ1) is 15.1. The molecule has 0 radical (unpaired) electrons. The van der Waals surface area contributed by atoms with Gasteiger partial charge in [-0.25, -0.2) is 0 Å². The highest BCUT2D eigenvalue weighted by Crippen LogP contribution is 2.39. The summed E-state index contributed by atoms with van der Waals surface area (Å²) in [7, 11) is 0. The molecule has 1 aliphatic heterocycles. The zero-order chi connectivity index (χ0) is 16.6. The van der Waals surface area contributed by atoms with Crippen molar-refractivity contribution in [1.29, 1.82) is 0 Å². The number of carbonyl (C=O) groups is 2. The summed E-state index contributed by atoms with van der Waals surface area (Å²) in [6.07, 6.45) is 0. The average Bonchev–Trinajstić information content (AvgIpc) is 2.49. The fourth-order valence-corrected chi connectivity index (χ4v) is 2.33. The maximum atomic E-state index is 12.4. The van der Waals surface area contributed by atoms with Crippen LogP contribution < -0.4 is 15.4 Å². The van der Waals surface area contributed by atoms with E-state index >= 15 is 0 Å². The monoisotopic (exact) mass is 310 g/mol. The highest BCUT2D eigenvalue weighted by molar-refractivity contribution is 6.09. The summed E-state index contributed by atoms with van der Waals surface area (Å²) in [4.78, 5) is 24.4. The lowest BCUT2D eigenvalue weighted by Gasteiger charge is -2.32. The zero-order valence-electron chi connectivity index (χ0n) is 13.3. The lowest BCUT2D eigenvalue weighted by molar-refractivity contribution is -0.129. The SMILES string of the molecule is Cc1ccc(C(=O)Nc2cccc3c2NC(=O)C(C)(C)O3)cc1. The van der Waals surface area contributed by atoms with E-state index in [1.807, 2.05) is 19.1 Å². The van der Waals surface area contributed by atoms with Crippen molar-refractivity contribution in [3.8, 4) is 5.75 Å². The largest absolute Gasteiger partial charge is 0.476 e. The Bertz CT molecular complexity index is 779. The lowest BCUT2D eigenvalue weighted by Crippen LogP contribution is -2.45. The summed E-state index contributed by atoms with van der Waals surface area (Å²) in [5.41, 5.74) is 1.69.